The van der Waals surface area contributed by atoms with E-state index in [9.17, 15) is 13.9 Å². The van der Waals surface area contributed by atoms with Gasteiger partial charge in [-0.3, -0.25) is 4.99 Å². The molecule has 0 saturated heterocycles. The van der Waals surface area contributed by atoms with Crippen molar-refractivity contribution in [1.82, 2.24) is 0 Å². The Labute approximate surface area is 142 Å². The van der Waals surface area contributed by atoms with Crippen molar-refractivity contribution < 1.29 is 13.9 Å². The Morgan fingerprint density at radius 1 is 1.17 bits per heavy atom. The molecule has 0 heterocycles. The van der Waals surface area contributed by atoms with E-state index in [1.807, 2.05) is 19.1 Å². The standard InChI is InChI=1S/C19H18F2NOP/c1-3-12(11-22-2)13-8-6-10-16-17(13)14-7-4-5-9-15(14)18(16,23)19(20,21)24/h3-11,23H,24H2,1-2H3/b12-3+,22-11?. The zero-order chi connectivity index (χ0) is 17.5. The third kappa shape index (κ3) is 2.25. The van der Waals surface area contributed by atoms with Gasteiger partial charge in [0.2, 0.25) is 0 Å². The zero-order valence-corrected chi connectivity index (χ0v) is 14.6. The number of aliphatic imine (C=N–C) groups is 1. The highest BCUT2D eigenvalue weighted by molar-refractivity contribution is 7.18. The number of halogens is 2. The summed E-state index contributed by atoms with van der Waals surface area (Å²) in [7, 11) is 3.14. The number of fused-ring (bicyclic) bond motifs is 3. The van der Waals surface area contributed by atoms with Gasteiger partial charge in [-0.1, -0.05) is 57.8 Å². The lowest BCUT2D eigenvalue weighted by atomic mass is 9.90. The van der Waals surface area contributed by atoms with Crippen molar-refractivity contribution in [3.8, 4) is 11.1 Å². The summed E-state index contributed by atoms with van der Waals surface area (Å²) in [5.41, 5.74) is -2.49. The molecule has 0 amide bonds. The fourth-order valence-electron chi connectivity index (χ4n) is 3.34. The van der Waals surface area contributed by atoms with Crippen LogP contribution in [0, 0.1) is 0 Å². The third-order valence-corrected chi connectivity index (χ3v) is 4.83. The van der Waals surface area contributed by atoms with E-state index < -0.39 is 11.3 Å². The summed E-state index contributed by atoms with van der Waals surface area (Å²) < 4.78 is 28.8. The van der Waals surface area contributed by atoms with E-state index in [1.54, 1.807) is 49.7 Å². The van der Waals surface area contributed by atoms with Gasteiger partial charge in [0, 0.05) is 24.4 Å². The van der Waals surface area contributed by atoms with E-state index in [2.05, 4.69) is 4.99 Å². The zero-order valence-electron chi connectivity index (χ0n) is 13.4. The minimum atomic E-state index is -3.40. The molecule has 1 aliphatic carbocycles. The van der Waals surface area contributed by atoms with Gasteiger partial charge in [0.05, 0.1) is 0 Å². The summed E-state index contributed by atoms with van der Waals surface area (Å²) in [6.07, 6.45) is 3.57. The minimum Gasteiger partial charge on any atom is -0.374 e. The molecule has 1 N–H and O–H groups in total. The molecule has 2 aromatic rings. The van der Waals surface area contributed by atoms with E-state index in [-0.39, 0.29) is 11.1 Å². The van der Waals surface area contributed by atoms with Gasteiger partial charge in [0.1, 0.15) is 0 Å². The topological polar surface area (TPSA) is 32.6 Å². The van der Waals surface area contributed by atoms with Gasteiger partial charge in [-0.2, -0.15) is 8.78 Å². The average Bonchev–Trinajstić information content (AvgIpc) is 2.84. The molecule has 0 fully saturated rings. The van der Waals surface area contributed by atoms with Gasteiger partial charge in [0.25, 0.3) is 5.66 Å². The monoisotopic (exact) mass is 345 g/mol. The Hall–Kier alpha value is -1.90. The second kappa shape index (κ2) is 5.87. The van der Waals surface area contributed by atoms with Crippen molar-refractivity contribution in [1.29, 1.82) is 0 Å². The summed E-state index contributed by atoms with van der Waals surface area (Å²) in [6.45, 7) is 1.87. The van der Waals surface area contributed by atoms with Crippen molar-refractivity contribution >= 4 is 21.0 Å². The van der Waals surface area contributed by atoms with Crippen LogP contribution in [0.5, 0.6) is 0 Å². The van der Waals surface area contributed by atoms with Gasteiger partial charge in [-0.05, 0) is 29.2 Å². The molecule has 0 radical (unpaired) electrons. The Kier molecular flexibility index (Phi) is 4.15. The van der Waals surface area contributed by atoms with Crippen LogP contribution in [0.2, 0.25) is 0 Å². The number of hydrogen-bond acceptors (Lipinski definition) is 2. The lowest BCUT2D eigenvalue weighted by Crippen LogP contribution is -2.40. The van der Waals surface area contributed by atoms with E-state index in [0.717, 1.165) is 11.1 Å². The molecule has 3 rings (SSSR count). The van der Waals surface area contributed by atoms with E-state index >= 15 is 0 Å². The number of aliphatic hydroxyl groups is 1. The van der Waals surface area contributed by atoms with Gasteiger partial charge < -0.3 is 5.11 Å². The first kappa shape index (κ1) is 16.9. The fraction of sp³-hybridized carbons (Fsp3) is 0.211. The number of allylic oxidation sites excluding steroid dienone is 2. The van der Waals surface area contributed by atoms with Crippen molar-refractivity contribution in [3.63, 3.8) is 0 Å². The second-order valence-corrected chi connectivity index (χ2v) is 6.46. The first-order valence-electron chi connectivity index (χ1n) is 7.57. The highest BCUT2D eigenvalue weighted by Gasteiger charge is 2.57. The van der Waals surface area contributed by atoms with Crippen LogP contribution in [0.25, 0.3) is 16.7 Å². The van der Waals surface area contributed by atoms with Crippen LogP contribution in [-0.4, -0.2) is 24.0 Å². The highest BCUT2D eigenvalue weighted by atomic mass is 31.0. The maximum atomic E-state index is 14.4. The summed E-state index contributed by atoms with van der Waals surface area (Å²) in [4.78, 5) is 4.04. The minimum absolute atomic E-state index is 0.213. The number of nitrogens with zero attached hydrogens (tertiary/aromatic N) is 1. The molecule has 0 spiro atoms. The maximum absolute atomic E-state index is 14.4. The predicted octanol–water partition coefficient (Wildman–Crippen LogP) is 4.47. The molecule has 2 atom stereocenters. The molecule has 0 aliphatic heterocycles. The van der Waals surface area contributed by atoms with Crippen LogP contribution in [0.4, 0.5) is 8.78 Å². The first-order valence-corrected chi connectivity index (χ1v) is 8.15. The normalized spacial score (nSPS) is 20.3. The average molecular weight is 345 g/mol. The van der Waals surface area contributed by atoms with E-state index in [4.69, 9.17) is 0 Å². The Morgan fingerprint density at radius 2 is 1.83 bits per heavy atom. The van der Waals surface area contributed by atoms with Gasteiger partial charge >= 0.3 is 0 Å². The molecule has 1 aliphatic rings. The number of benzene rings is 2. The quantitative estimate of drug-likeness (QED) is 0.646. The summed E-state index contributed by atoms with van der Waals surface area (Å²) >= 11 is 0. The molecule has 2 unspecified atom stereocenters. The molecular weight excluding hydrogens is 327 g/mol. The smallest absolute Gasteiger partial charge is 0.295 e. The summed E-state index contributed by atoms with van der Waals surface area (Å²) in [6, 6.07) is 11.9. The van der Waals surface area contributed by atoms with Crippen LogP contribution in [0.1, 0.15) is 23.6 Å². The lowest BCUT2D eigenvalue weighted by Gasteiger charge is -2.31. The number of hydrogen-bond donors (Lipinski definition) is 1. The molecule has 0 aromatic heterocycles. The predicted molar refractivity (Wildman–Crippen MR) is 97.6 cm³/mol. The van der Waals surface area contributed by atoms with Crippen LogP contribution < -0.4 is 0 Å². The van der Waals surface area contributed by atoms with Crippen LogP contribution in [0.15, 0.2) is 53.5 Å². The summed E-state index contributed by atoms with van der Waals surface area (Å²) in [5.74, 6) is 0. The second-order valence-electron chi connectivity index (χ2n) is 5.74. The Balaban J connectivity index is 2.42. The largest absolute Gasteiger partial charge is 0.374 e. The maximum Gasteiger partial charge on any atom is 0.295 e. The third-order valence-electron chi connectivity index (χ3n) is 4.41. The SMILES string of the molecule is C/C=C(\C=NC)c1cccc2c1-c1ccccc1C2(O)C(F)(F)P. The van der Waals surface area contributed by atoms with Crippen molar-refractivity contribution in [3.05, 3.63) is 65.2 Å². The first-order chi connectivity index (χ1) is 11.4. The number of alkyl halides is 2. The molecule has 2 nitrogen and oxygen atoms in total. The summed E-state index contributed by atoms with van der Waals surface area (Å²) in [5, 5.41) is 11.0. The van der Waals surface area contributed by atoms with Gasteiger partial charge in [-0.25, -0.2) is 0 Å². The Morgan fingerprint density at radius 3 is 2.46 bits per heavy atom. The molecule has 2 aromatic carbocycles. The molecule has 0 saturated carbocycles. The number of rotatable bonds is 3. The molecule has 0 bridgehead atoms. The van der Waals surface area contributed by atoms with E-state index in [0.29, 0.717) is 11.1 Å². The van der Waals surface area contributed by atoms with Crippen molar-refractivity contribution in [2.24, 2.45) is 4.99 Å². The molecule has 5 heteroatoms. The Bertz CT molecular complexity index is 855. The van der Waals surface area contributed by atoms with Gasteiger partial charge in [0.15, 0.2) is 5.60 Å². The molecule has 24 heavy (non-hydrogen) atoms. The van der Waals surface area contributed by atoms with Crippen LogP contribution >= 0.6 is 9.24 Å². The van der Waals surface area contributed by atoms with Gasteiger partial charge in [-0.15, -0.1) is 0 Å². The fourth-order valence-corrected chi connectivity index (χ4v) is 3.66. The highest BCUT2D eigenvalue weighted by Crippen LogP contribution is 2.57. The lowest BCUT2D eigenvalue weighted by molar-refractivity contribution is -0.0964. The van der Waals surface area contributed by atoms with Crippen molar-refractivity contribution in [2.45, 2.75) is 18.2 Å². The van der Waals surface area contributed by atoms with Crippen LogP contribution in [0.3, 0.4) is 0 Å². The molecular formula is C19H18F2NOP. The van der Waals surface area contributed by atoms with E-state index in [1.165, 1.54) is 9.24 Å². The molecule has 124 valence electrons. The van der Waals surface area contributed by atoms with Crippen molar-refractivity contribution in [2.75, 3.05) is 7.05 Å². The van der Waals surface area contributed by atoms with Crippen LogP contribution in [-0.2, 0) is 5.60 Å².